The Morgan fingerprint density at radius 1 is 1.40 bits per heavy atom. The molecular formula is C15H22. The molecule has 2 aliphatic rings. The molecule has 0 heteroatoms. The van der Waals surface area contributed by atoms with Crippen LogP contribution in [0, 0.1) is 11.3 Å². The molecule has 0 aromatic rings. The van der Waals surface area contributed by atoms with Gasteiger partial charge >= 0.3 is 0 Å². The molecule has 15 heavy (non-hydrogen) atoms. The van der Waals surface area contributed by atoms with Crippen LogP contribution in [0.1, 0.15) is 44.9 Å². The van der Waals surface area contributed by atoms with Crippen molar-refractivity contribution in [3.05, 3.63) is 37.0 Å². The van der Waals surface area contributed by atoms with Crippen molar-refractivity contribution in [2.75, 3.05) is 0 Å². The van der Waals surface area contributed by atoms with Crippen molar-refractivity contribution in [1.82, 2.24) is 0 Å². The summed E-state index contributed by atoms with van der Waals surface area (Å²) in [6.45, 7) is 3.67. The largest absolute Gasteiger partial charge is 0.0991 e. The Morgan fingerprint density at radius 3 is 3.13 bits per heavy atom. The summed E-state index contributed by atoms with van der Waals surface area (Å²) >= 11 is 0. The van der Waals surface area contributed by atoms with Crippen molar-refractivity contribution in [3.8, 4) is 0 Å². The first-order valence-corrected chi connectivity index (χ1v) is 6.33. The number of allylic oxidation sites excluding steroid dienone is 5. The van der Waals surface area contributed by atoms with Crippen LogP contribution in [-0.2, 0) is 0 Å². The van der Waals surface area contributed by atoms with Gasteiger partial charge in [0.1, 0.15) is 0 Å². The third-order valence-corrected chi connectivity index (χ3v) is 3.95. The molecular weight excluding hydrogens is 180 g/mol. The molecule has 0 spiro atoms. The Kier molecular flexibility index (Phi) is 3.45. The van der Waals surface area contributed by atoms with Crippen LogP contribution in [0.4, 0.5) is 0 Å². The van der Waals surface area contributed by atoms with E-state index in [0.717, 1.165) is 5.92 Å². The molecule has 0 aromatic heterocycles. The fourth-order valence-electron chi connectivity index (χ4n) is 2.91. The Balaban J connectivity index is 1.62. The predicted octanol–water partition coefficient (Wildman–Crippen LogP) is 4.65. The molecule has 0 radical (unpaired) electrons. The van der Waals surface area contributed by atoms with Crippen LogP contribution in [0.2, 0.25) is 0 Å². The second-order valence-electron chi connectivity index (χ2n) is 5.02. The Bertz CT molecular complexity index is 272. The van der Waals surface area contributed by atoms with E-state index in [0.29, 0.717) is 5.41 Å². The van der Waals surface area contributed by atoms with Gasteiger partial charge in [0.2, 0.25) is 0 Å². The summed E-state index contributed by atoms with van der Waals surface area (Å²) in [5.74, 6) is 1.05. The molecule has 2 unspecified atom stereocenters. The van der Waals surface area contributed by atoms with Gasteiger partial charge in [-0.3, -0.25) is 0 Å². The SMILES string of the molecule is C=CC=CCCCCC12C=CCCC1C2. The van der Waals surface area contributed by atoms with Crippen LogP contribution in [0.25, 0.3) is 0 Å². The van der Waals surface area contributed by atoms with E-state index >= 15 is 0 Å². The third-order valence-electron chi connectivity index (χ3n) is 3.95. The highest BCUT2D eigenvalue weighted by Crippen LogP contribution is 2.61. The van der Waals surface area contributed by atoms with Gasteiger partial charge in [0.15, 0.2) is 0 Å². The van der Waals surface area contributed by atoms with Crippen LogP contribution in [0.15, 0.2) is 37.0 Å². The van der Waals surface area contributed by atoms with E-state index < -0.39 is 0 Å². The number of hydrogen-bond donors (Lipinski definition) is 0. The number of hydrogen-bond acceptors (Lipinski definition) is 0. The van der Waals surface area contributed by atoms with E-state index in [-0.39, 0.29) is 0 Å². The maximum Gasteiger partial charge on any atom is -0.00866 e. The Labute approximate surface area is 93.8 Å². The first kappa shape index (κ1) is 10.7. The lowest BCUT2D eigenvalue weighted by molar-refractivity contribution is 0.460. The molecule has 0 aromatic carbocycles. The molecule has 0 nitrogen and oxygen atoms in total. The summed E-state index contributed by atoms with van der Waals surface area (Å²) in [7, 11) is 0. The van der Waals surface area contributed by atoms with Crippen molar-refractivity contribution in [2.45, 2.75) is 44.9 Å². The van der Waals surface area contributed by atoms with E-state index in [1.54, 1.807) is 0 Å². The third kappa shape index (κ3) is 2.62. The van der Waals surface area contributed by atoms with Gasteiger partial charge in [0.05, 0.1) is 0 Å². The van der Waals surface area contributed by atoms with Gasteiger partial charge in [-0.05, 0) is 49.9 Å². The highest BCUT2D eigenvalue weighted by atomic mass is 14.6. The Hall–Kier alpha value is -0.780. The minimum atomic E-state index is 0.667. The molecule has 0 aliphatic heterocycles. The lowest BCUT2D eigenvalue weighted by Crippen LogP contribution is -2.03. The summed E-state index contributed by atoms with van der Waals surface area (Å²) in [5.41, 5.74) is 0.667. The van der Waals surface area contributed by atoms with Gasteiger partial charge in [-0.15, -0.1) is 0 Å². The molecule has 2 aliphatic carbocycles. The molecule has 0 saturated heterocycles. The van der Waals surface area contributed by atoms with Gasteiger partial charge in [-0.25, -0.2) is 0 Å². The highest BCUT2D eigenvalue weighted by molar-refractivity contribution is 5.18. The molecule has 82 valence electrons. The number of unbranched alkanes of at least 4 members (excludes halogenated alkanes) is 2. The van der Waals surface area contributed by atoms with E-state index in [1.165, 1.54) is 44.9 Å². The summed E-state index contributed by atoms with van der Waals surface area (Å²) in [4.78, 5) is 0. The zero-order valence-electron chi connectivity index (χ0n) is 9.62. The number of rotatable bonds is 6. The van der Waals surface area contributed by atoms with Gasteiger partial charge in [-0.2, -0.15) is 0 Å². The predicted molar refractivity (Wildman–Crippen MR) is 66.7 cm³/mol. The Morgan fingerprint density at radius 2 is 2.33 bits per heavy atom. The maximum atomic E-state index is 3.67. The number of fused-ring (bicyclic) bond motifs is 1. The van der Waals surface area contributed by atoms with E-state index in [1.807, 2.05) is 6.08 Å². The molecule has 0 bridgehead atoms. The lowest BCUT2D eigenvalue weighted by atomic mass is 9.90. The zero-order valence-corrected chi connectivity index (χ0v) is 9.62. The van der Waals surface area contributed by atoms with Crippen molar-refractivity contribution in [1.29, 1.82) is 0 Å². The first-order valence-electron chi connectivity index (χ1n) is 6.33. The second kappa shape index (κ2) is 4.83. The molecule has 1 saturated carbocycles. The fraction of sp³-hybridized carbons (Fsp3) is 0.600. The maximum absolute atomic E-state index is 3.67. The summed E-state index contributed by atoms with van der Waals surface area (Å²) in [5, 5.41) is 0. The molecule has 0 heterocycles. The highest BCUT2D eigenvalue weighted by Gasteiger charge is 2.51. The molecule has 0 amide bonds. The first-order chi connectivity index (χ1) is 7.37. The quantitative estimate of drug-likeness (QED) is 0.334. The zero-order chi connectivity index (χ0) is 10.6. The molecule has 1 fully saturated rings. The molecule has 2 atom stereocenters. The van der Waals surface area contributed by atoms with E-state index in [4.69, 9.17) is 0 Å². The average molecular weight is 202 g/mol. The minimum absolute atomic E-state index is 0.667. The van der Waals surface area contributed by atoms with Crippen LogP contribution < -0.4 is 0 Å². The van der Waals surface area contributed by atoms with Crippen LogP contribution in [0.5, 0.6) is 0 Å². The fourth-order valence-corrected chi connectivity index (χ4v) is 2.91. The standard InChI is InChI=1S/C15H22/c1-2-3-4-5-6-8-11-15-12-9-7-10-14(15)13-15/h2-4,9,12,14H,1,5-8,10-11,13H2. The monoisotopic (exact) mass is 202 g/mol. The van der Waals surface area contributed by atoms with Crippen LogP contribution in [-0.4, -0.2) is 0 Å². The van der Waals surface area contributed by atoms with Gasteiger partial charge in [-0.1, -0.05) is 43.4 Å². The normalized spacial score (nSPS) is 32.9. The minimum Gasteiger partial charge on any atom is -0.0991 e. The van der Waals surface area contributed by atoms with Crippen molar-refractivity contribution in [3.63, 3.8) is 0 Å². The van der Waals surface area contributed by atoms with Crippen molar-refractivity contribution >= 4 is 0 Å². The summed E-state index contributed by atoms with van der Waals surface area (Å²) in [6, 6.07) is 0. The van der Waals surface area contributed by atoms with Crippen molar-refractivity contribution in [2.24, 2.45) is 11.3 Å². The van der Waals surface area contributed by atoms with Gasteiger partial charge in [0.25, 0.3) is 0 Å². The van der Waals surface area contributed by atoms with Gasteiger partial charge < -0.3 is 0 Å². The average Bonchev–Trinajstić information content (AvgIpc) is 2.98. The second-order valence-corrected chi connectivity index (χ2v) is 5.02. The van der Waals surface area contributed by atoms with Gasteiger partial charge in [0, 0.05) is 0 Å². The van der Waals surface area contributed by atoms with Crippen molar-refractivity contribution < 1.29 is 0 Å². The smallest absolute Gasteiger partial charge is 0.00866 e. The van der Waals surface area contributed by atoms with E-state index in [9.17, 15) is 0 Å². The van der Waals surface area contributed by atoms with E-state index in [2.05, 4.69) is 30.9 Å². The summed E-state index contributed by atoms with van der Waals surface area (Å²) < 4.78 is 0. The molecule has 2 rings (SSSR count). The van der Waals surface area contributed by atoms with Crippen LogP contribution in [0.3, 0.4) is 0 Å². The lowest BCUT2D eigenvalue weighted by Gasteiger charge is -2.15. The topological polar surface area (TPSA) is 0 Å². The summed E-state index contributed by atoms with van der Waals surface area (Å²) in [6.07, 6.45) is 20.7. The van der Waals surface area contributed by atoms with Crippen LogP contribution >= 0.6 is 0 Å². The molecule has 0 N–H and O–H groups in total.